The van der Waals surface area contributed by atoms with E-state index >= 15 is 0 Å². The highest BCUT2D eigenvalue weighted by Gasteiger charge is 2.09. The lowest BCUT2D eigenvalue weighted by Gasteiger charge is -1.96. The summed E-state index contributed by atoms with van der Waals surface area (Å²) in [5.74, 6) is 0.650. The molecule has 0 atom stereocenters. The van der Waals surface area contributed by atoms with Gasteiger partial charge in [0.2, 0.25) is 0 Å². The number of rotatable bonds is 0. The maximum Gasteiger partial charge on any atom is 0.289 e. The zero-order valence-corrected chi connectivity index (χ0v) is 7.83. The second kappa shape index (κ2) is 2.70. The molecule has 1 N–H and O–H groups in total. The van der Waals surface area contributed by atoms with E-state index in [1.54, 1.807) is 19.9 Å². The Bertz CT molecular complexity index is 600. The first kappa shape index (κ1) is 8.51. The van der Waals surface area contributed by atoms with Crippen molar-refractivity contribution in [3.63, 3.8) is 0 Å². The third-order valence-corrected chi connectivity index (χ3v) is 2.05. The summed E-state index contributed by atoms with van der Waals surface area (Å²) in [4.78, 5) is 15.8. The van der Waals surface area contributed by atoms with Crippen LogP contribution in [0.2, 0.25) is 0 Å². The van der Waals surface area contributed by atoms with Crippen LogP contribution in [-0.4, -0.2) is 14.6 Å². The number of aromatic amines is 1. The lowest BCUT2D eigenvalue weighted by atomic mass is 10.2. The van der Waals surface area contributed by atoms with Crippen LogP contribution < -0.4 is 5.56 Å². The SMILES string of the molecule is Cc1nc2cc(C)c(C#N)c(=O)n2[nH]1. The number of aryl methyl sites for hydroxylation is 2. The van der Waals surface area contributed by atoms with Crippen LogP contribution >= 0.6 is 0 Å². The molecule has 2 aromatic heterocycles. The fraction of sp³-hybridized carbons (Fsp3) is 0.222. The Morgan fingerprint density at radius 1 is 1.57 bits per heavy atom. The molecule has 0 spiro atoms. The molecule has 2 rings (SSSR count). The summed E-state index contributed by atoms with van der Waals surface area (Å²) in [5.41, 5.74) is 1.02. The standard InChI is InChI=1S/C9H8N4O/c1-5-3-8-11-6(2)12-13(8)9(14)7(5)4-10/h3H,1-2H3,(H,11,12). The molecule has 14 heavy (non-hydrogen) atoms. The summed E-state index contributed by atoms with van der Waals surface area (Å²) in [5, 5.41) is 11.5. The first-order valence-corrected chi connectivity index (χ1v) is 4.12. The molecule has 0 fully saturated rings. The van der Waals surface area contributed by atoms with Crippen LogP contribution in [0.25, 0.3) is 5.65 Å². The van der Waals surface area contributed by atoms with Crippen LogP contribution in [0, 0.1) is 25.2 Å². The van der Waals surface area contributed by atoms with E-state index in [2.05, 4.69) is 10.1 Å². The van der Waals surface area contributed by atoms with Crippen LogP contribution in [-0.2, 0) is 0 Å². The van der Waals surface area contributed by atoms with E-state index in [4.69, 9.17) is 5.26 Å². The van der Waals surface area contributed by atoms with Crippen molar-refractivity contribution in [2.24, 2.45) is 0 Å². The molecule has 70 valence electrons. The van der Waals surface area contributed by atoms with E-state index in [0.717, 1.165) is 0 Å². The number of hydrogen-bond acceptors (Lipinski definition) is 3. The Balaban J connectivity index is 3.01. The van der Waals surface area contributed by atoms with Crippen molar-refractivity contribution in [3.8, 4) is 6.07 Å². The fourth-order valence-corrected chi connectivity index (χ4v) is 1.40. The van der Waals surface area contributed by atoms with Gasteiger partial charge in [0.1, 0.15) is 17.5 Å². The monoisotopic (exact) mass is 188 g/mol. The van der Waals surface area contributed by atoms with Gasteiger partial charge in [0.25, 0.3) is 5.56 Å². The van der Waals surface area contributed by atoms with Gasteiger partial charge in [-0.3, -0.25) is 9.89 Å². The van der Waals surface area contributed by atoms with Crippen molar-refractivity contribution < 1.29 is 0 Å². The largest absolute Gasteiger partial charge is 0.289 e. The van der Waals surface area contributed by atoms with E-state index in [1.165, 1.54) is 4.52 Å². The highest BCUT2D eigenvalue weighted by Crippen LogP contribution is 2.05. The molecule has 0 aliphatic rings. The van der Waals surface area contributed by atoms with Gasteiger partial charge in [0.05, 0.1) is 0 Å². The van der Waals surface area contributed by atoms with Gasteiger partial charge in [-0.25, -0.2) is 4.98 Å². The maximum absolute atomic E-state index is 11.7. The molecule has 5 nitrogen and oxygen atoms in total. The molecule has 0 amide bonds. The summed E-state index contributed by atoms with van der Waals surface area (Å²) in [6, 6.07) is 3.60. The second-order valence-electron chi connectivity index (χ2n) is 3.12. The minimum Gasteiger partial charge on any atom is -0.276 e. The Kier molecular flexibility index (Phi) is 1.64. The molecule has 0 unspecified atom stereocenters. The number of nitrogens with zero attached hydrogens (tertiary/aromatic N) is 3. The molecule has 0 radical (unpaired) electrons. The zero-order chi connectivity index (χ0) is 10.3. The normalized spacial score (nSPS) is 10.4. The zero-order valence-electron chi connectivity index (χ0n) is 7.83. The predicted molar refractivity (Wildman–Crippen MR) is 50.0 cm³/mol. The number of H-pyrrole nitrogens is 1. The molecule has 0 saturated heterocycles. The molecule has 0 aliphatic carbocycles. The number of nitrogens with one attached hydrogen (secondary N) is 1. The van der Waals surface area contributed by atoms with Crippen molar-refractivity contribution in [2.75, 3.05) is 0 Å². The molecule has 0 aromatic carbocycles. The Hall–Kier alpha value is -2.09. The quantitative estimate of drug-likeness (QED) is 0.654. The average Bonchev–Trinajstić information content (AvgIpc) is 2.47. The van der Waals surface area contributed by atoms with E-state index in [0.29, 0.717) is 17.0 Å². The average molecular weight is 188 g/mol. The molecule has 0 saturated carbocycles. The highest BCUT2D eigenvalue weighted by molar-refractivity contribution is 5.47. The summed E-state index contributed by atoms with van der Waals surface area (Å²) in [6.45, 7) is 3.48. The first-order chi connectivity index (χ1) is 6.63. The molecular formula is C9H8N4O. The van der Waals surface area contributed by atoms with E-state index < -0.39 is 0 Å². The summed E-state index contributed by atoms with van der Waals surface area (Å²) < 4.78 is 1.28. The van der Waals surface area contributed by atoms with Crippen LogP contribution in [0.15, 0.2) is 10.9 Å². The third kappa shape index (κ3) is 1.01. The van der Waals surface area contributed by atoms with Crippen molar-refractivity contribution in [1.82, 2.24) is 14.6 Å². The predicted octanol–water partition coefficient (Wildman–Crippen LogP) is 0.511. The lowest BCUT2D eigenvalue weighted by Crippen LogP contribution is -2.18. The molecule has 5 heteroatoms. The molecule has 2 aromatic rings. The van der Waals surface area contributed by atoms with Gasteiger partial charge in [0, 0.05) is 0 Å². The summed E-state index contributed by atoms with van der Waals surface area (Å²) >= 11 is 0. The Labute approximate surface area is 79.6 Å². The lowest BCUT2D eigenvalue weighted by molar-refractivity contribution is 0.888. The molecule has 0 aliphatic heterocycles. The molecule has 2 heterocycles. The minimum atomic E-state index is -0.344. The van der Waals surface area contributed by atoms with E-state index in [-0.39, 0.29) is 11.1 Å². The van der Waals surface area contributed by atoms with Crippen LogP contribution in [0.5, 0.6) is 0 Å². The van der Waals surface area contributed by atoms with Crippen LogP contribution in [0.1, 0.15) is 17.0 Å². The third-order valence-electron chi connectivity index (χ3n) is 2.05. The van der Waals surface area contributed by atoms with Gasteiger partial charge >= 0.3 is 0 Å². The van der Waals surface area contributed by atoms with Crippen LogP contribution in [0.4, 0.5) is 0 Å². The highest BCUT2D eigenvalue weighted by atomic mass is 16.1. The van der Waals surface area contributed by atoms with Gasteiger partial charge in [0.15, 0.2) is 5.65 Å². The number of nitriles is 1. The number of hydrogen-bond donors (Lipinski definition) is 1. The molecular weight excluding hydrogens is 180 g/mol. The van der Waals surface area contributed by atoms with Crippen molar-refractivity contribution >= 4 is 5.65 Å². The Morgan fingerprint density at radius 3 is 2.93 bits per heavy atom. The second-order valence-corrected chi connectivity index (χ2v) is 3.12. The van der Waals surface area contributed by atoms with Gasteiger partial charge in [-0.15, -0.1) is 0 Å². The van der Waals surface area contributed by atoms with Crippen LogP contribution in [0.3, 0.4) is 0 Å². The van der Waals surface area contributed by atoms with Crippen molar-refractivity contribution in [3.05, 3.63) is 33.4 Å². The van der Waals surface area contributed by atoms with Crippen molar-refractivity contribution in [2.45, 2.75) is 13.8 Å². The summed E-state index contributed by atoms with van der Waals surface area (Å²) in [7, 11) is 0. The van der Waals surface area contributed by atoms with Gasteiger partial charge in [-0.1, -0.05) is 0 Å². The van der Waals surface area contributed by atoms with Gasteiger partial charge < -0.3 is 0 Å². The van der Waals surface area contributed by atoms with Gasteiger partial charge in [-0.05, 0) is 25.5 Å². The minimum absolute atomic E-state index is 0.158. The maximum atomic E-state index is 11.7. The number of pyridine rings is 1. The molecule has 0 bridgehead atoms. The Morgan fingerprint density at radius 2 is 2.29 bits per heavy atom. The first-order valence-electron chi connectivity index (χ1n) is 4.12. The fourth-order valence-electron chi connectivity index (χ4n) is 1.40. The van der Waals surface area contributed by atoms with Crippen molar-refractivity contribution in [1.29, 1.82) is 5.26 Å². The van der Waals surface area contributed by atoms with E-state index in [1.807, 2.05) is 6.07 Å². The number of fused-ring (bicyclic) bond motifs is 1. The van der Waals surface area contributed by atoms with E-state index in [9.17, 15) is 4.79 Å². The topological polar surface area (TPSA) is 73.9 Å². The summed E-state index contributed by atoms with van der Waals surface area (Å²) in [6.07, 6.45) is 0. The smallest absolute Gasteiger partial charge is 0.276 e. The van der Waals surface area contributed by atoms with Gasteiger partial charge in [-0.2, -0.15) is 9.78 Å². The number of aromatic nitrogens is 3.